The average Bonchev–Trinajstić information content (AvgIpc) is 3.04. The summed E-state index contributed by atoms with van der Waals surface area (Å²) < 4.78 is 7.73. The van der Waals surface area contributed by atoms with E-state index in [9.17, 15) is 4.79 Å². The Morgan fingerprint density at radius 1 is 1.38 bits per heavy atom. The van der Waals surface area contributed by atoms with Crippen LogP contribution in [0.15, 0.2) is 18.3 Å². The van der Waals surface area contributed by atoms with E-state index in [1.54, 1.807) is 6.20 Å². The lowest BCUT2D eigenvalue weighted by atomic mass is 10.0. The molecule has 0 saturated carbocycles. The number of aromatic nitrogens is 3. The van der Waals surface area contributed by atoms with Gasteiger partial charge in [0.2, 0.25) is 0 Å². The van der Waals surface area contributed by atoms with Gasteiger partial charge in [0.05, 0.1) is 11.7 Å². The van der Waals surface area contributed by atoms with Gasteiger partial charge in [0.25, 0.3) is 0 Å². The molecule has 0 spiro atoms. The largest absolute Gasteiger partial charge is 0.371 e. The number of nitrogens with zero attached hydrogens (tertiary/aromatic N) is 3. The van der Waals surface area contributed by atoms with Crippen molar-refractivity contribution in [3.8, 4) is 0 Å². The molecule has 2 aromatic heterocycles. The third-order valence-corrected chi connectivity index (χ3v) is 4.41. The number of nitrogens with one attached hydrogen (secondary N) is 2. The van der Waals surface area contributed by atoms with E-state index >= 15 is 0 Å². The van der Waals surface area contributed by atoms with Crippen LogP contribution >= 0.6 is 0 Å². The van der Waals surface area contributed by atoms with Gasteiger partial charge < -0.3 is 10.1 Å². The molecule has 0 aromatic carbocycles. The van der Waals surface area contributed by atoms with Crippen molar-refractivity contribution in [2.24, 2.45) is 7.05 Å². The summed E-state index contributed by atoms with van der Waals surface area (Å²) in [6.45, 7) is 6.56. The second kappa shape index (κ2) is 6.60. The molecule has 128 valence electrons. The molecule has 0 radical (unpaired) electrons. The molecule has 3 heterocycles. The summed E-state index contributed by atoms with van der Waals surface area (Å²) in [7, 11) is 1.92. The molecule has 24 heavy (non-hydrogen) atoms. The first kappa shape index (κ1) is 16.4. The zero-order chi connectivity index (χ0) is 17.3. The highest BCUT2D eigenvalue weighted by atomic mass is 16.5. The Labute approximate surface area is 141 Å². The van der Waals surface area contributed by atoms with Crippen molar-refractivity contribution in [3.63, 3.8) is 0 Å². The van der Waals surface area contributed by atoms with E-state index in [1.165, 1.54) is 0 Å². The maximum absolute atomic E-state index is 12.3. The molecule has 1 aliphatic rings. The normalized spacial score (nSPS) is 20.2. The second-order valence-electron chi connectivity index (χ2n) is 6.21. The van der Waals surface area contributed by atoms with E-state index in [-0.39, 0.29) is 18.2 Å². The van der Waals surface area contributed by atoms with Crippen LogP contribution in [0.25, 0.3) is 0 Å². The topological polar surface area (TPSA) is 81.1 Å². The Bertz CT molecular complexity index is 755. The Morgan fingerprint density at radius 3 is 2.83 bits per heavy atom. The molecule has 1 saturated heterocycles. The Hall–Kier alpha value is -2.41. The number of urea groups is 1. The third kappa shape index (κ3) is 3.26. The first-order valence-corrected chi connectivity index (χ1v) is 8.07. The van der Waals surface area contributed by atoms with Crippen molar-refractivity contribution in [1.82, 2.24) is 20.1 Å². The average molecular weight is 329 g/mol. The van der Waals surface area contributed by atoms with Crippen molar-refractivity contribution in [2.75, 3.05) is 11.9 Å². The first-order valence-electron chi connectivity index (χ1n) is 8.07. The van der Waals surface area contributed by atoms with E-state index in [4.69, 9.17) is 4.74 Å². The summed E-state index contributed by atoms with van der Waals surface area (Å²) in [5, 5.41) is 10.2. The van der Waals surface area contributed by atoms with E-state index < -0.39 is 0 Å². The highest BCUT2D eigenvalue weighted by Crippen LogP contribution is 2.33. The summed E-state index contributed by atoms with van der Waals surface area (Å²) >= 11 is 0. The number of anilines is 1. The maximum atomic E-state index is 12.3. The number of aryl methyl sites for hydroxylation is 3. The molecule has 1 fully saturated rings. The zero-order valence-corrected chi connectivity index (χ0v) is 14.5. The third-order valence-electron chi connectivity index (χ3n) is 4.41. The van der Waals surface area contributed by atoms with Crippen LogP contribution in [0.3, 0.4) is 0 Å². The fourth-order valence-electron chi connectivity index (χ4n) is 3.15. The van der Waals surface area contributed by atoms with Gasteiger partial charge in [-0.05, 0) is 44.9 Å². The number of hydrogen-bond donors (Lipinski definition) is 2. The summed E-state index contributed by atoms with van der Waals surface area (Å²) in [6.07, 6.45) is 2.27. The summed E-state index contributed by atoms with van der Waals surface area (Å²) in [5.41, 5.74) is 4.11. The molecule has 1 aliphatic heterocycles. The standard InChI is InChI=1S/C17H23N5O2/c1-10-5-7-18-14(9-10)20-17(23)19-13-6-8-24-16(13)15-11(2)21-22(4)12(15)3/h5,7,9,13,16H,6,8H2,1-4H3,(H2,18,19,20,23)/t13-,16-/m0/s1. The van der Waals surface area contributed by atoms with Crippen molar-refractivity contribution >= 4 is 11.8 Å². The highest BCUT2D eigenvalue weighted by Gasteiger charge is 2.34. The van der Waals surface area contributed by atoms with Gasteiger partial charge >= 0.3 is 6.03 Å². The quantitative estimate of drug-likeness (QED) is 0.906. The Kier molecular flexibility index (Phi) is 4.53. The fourth-order valence-corrected chi connectivity index (χ4v) is 3.15. The predicted octanol–water partition coefficient (Wildman–Crippen LogP) is 2.39. The molecule has 3 rings (SSSR count). The van der Waals surface area contributed by atoms with E-state index in [0.29, 0.717) is 12.4 Å². The van der Waals surface area contributed by atoms with Gasteiger partial charge in [-0.25, -0.2) is 9.78 Å². The molecule has 0 bridgehead atoms. The lowest BCUT2D eigenvalue weighted by Gasteiger charge is -2.20. The van der Waals surface area contributed by atoms with Crippen LogP contribution in [0.2, 0.25) is 0 Å². The Morgan fingerprint density at radius 2 is 2.17 bits per heavy atom. The number of pyridine rings is 1. The predicted molar refractivity (Wildman–Crippen MR) is 90.9 cm³/mol. The van der Waals surface area contributed by atoms with Crippen LogP contribution in [-0.2, 0) is 11.8 Å². The SMILES string of the molecule is Cc1ccnc(NC(=O)N[C@H]2CCO[C@@H]2c2c(C)nn(C)c2C)c1. The van der Waals surface area contributed by atoms with Gasteiger partial charge in [-0.2, -0.15) is 5.10 Å². The number of amides is 2. The highest BCUT2D eigenvalue weighted by molar-refractivity contribution is 5.88. The maximum Gasteiger partial charge on any atom is 0.320 e. The smallest absolute Gasteiger partial charge is 0.320 e. The van der Waals surface area contributed by atoms with Crippen LogP contribution in [0.1, 0.15) is 35.0 Å². The minimum Gasteiger partial charge on any atom is -0.371 e. The lowest BCUT2D eigenvalue weighted by Crippen LogP contribution is -2.40. The van der Waals surface area contributed by atoms with Crippen molar-refractivity contribution in [1.29, 1.82) is 0 Å². The number of ether oxygens (including phenoxy) is 1. The van der Waals surface area contributed by atoms with Crippen LogP contribution in [-0.4, -0.2) is 33.4 Å². The van der Waals surface area contributed by atoms with Crippen molar-refractivity contribution in [2.45, 2.75) is 39.3 Å². The Balaban J connectivity index is 1.71. The number of rotatable bonds is 3. The van der Waals surface area contributed by atoms with Crippen molar-refractivity contribution < 1.29 is 9.53 Å². The van der Waals surface area contributed by atoms with Crippen LogP contribution < -0.4 is 10.6 Å². The van der Waals surface area contributed by atoms with Gasteiger partial charge in [0, 0.05) is 31.1 Å². The molecular formula is C17H23N5O2. The monoisotopic (exact) mass is 329 g/mol. The summed E-state index contributed by atoms with van der Waals surface area (Å²) in [6, 6.07) is 3.36. The molecule has 0 aliphatic carbocycles. The van der Waals surface area contributed by atoms with Gasteiger partial charge in [-0.15, -0.1) is 0 Å². The van der Waals surface area contributed by atoms with Gasteiger partial charge in [0.1, 0.15) is 11.9 Å². The van der Waals surface area contributed by atoms with E-state index in [0.717, 1.165) is 28.9 Å². The van der Waals surface area contributed by atoms with Crippen LogP contribution in [0, 0.1) is 20.8 Å². The molecule has 7 heteroatoms. The molecule has 7 nitrogen and oxygen atoms in total. The van der Waals surface area contributed by atoms with Crippen LogP contribution in [0.4, 0.5) is 10.6 Å². The molecular weight excluding hydrogens is 306 g/mol. The first-order chi connectivity index (χ1) is 11.5. The molecule has 2 atom stereocenters. The molecule has 2 aromatic rings. The van der Waals surface area contributed by atoms with Crippen molar-refractivity contribution in [3.05, 3.63) is 40.8 Å². The fraction of sp³-hybridized carbons (Fsp3) is 0.471. The number of carbonyl (C=O) groups excluding carboxylic acids is 1. The van der Waals surface area contributed by atoms with E-state index in [1.807, 2.05) is 44.6 Å². The van der Waals surface area contributed by atoms with Gasteiger partial charge in [0.15, 0.2) is 0 Å². The minimum atomic E-state index is -0.271. The number of hydrogen-bond acceptors (Lipinski definition) is 4. The summed E-state index contributed by atoms with van der Waals surface area (Å²) in [5.74, 6) is 0.539. The molecule has 2 N–H and O–H groups in total. The minimum absolute atomic E-state index is 0.0867. The zero-order valence-electron chi connectivity index (χ0n) is 14.5. The van der Waals surface area contributed by atoms with Gasteiger partial charge in [-0.3, -0.25) is 10.00 Å². The number of carbonyl (C=O) groups is 1. The lowest BCUT2D eigenvalue weighted by molar-refractivity contribution is 0.0993. The summed E-state index contributed by atoms with van der Waals surface area (Å²) in [4.78, 5) is 16.4. The van der Waals surface area contributed by atoms with Crippen LogP contribution in [0.5, 0.6) is 0 Å². The van der Waals surface area contributed by atoms with E-state index in [2.05, 4.69) is 20.7 Å². The second-order valence-corrected chi connectivity index (χ2v) is 6.21. The van der Waals surface area contributed by atoms with Gasteiger partial charge in [-0.1, -0.05) is 0 Å². The molecule has 2 amide bonds. The molecule has 0 unspecified atom stereocenters.